The molecular weight excluding hydrogens is 454 g/mol. The highest BCUT2D eigenvalue weighted by Gasteiger charge is 2.37. The Hall–Kier alpha value is -2.11. The summed E-state index contributed by atoms with van der Waals surface area (Å²) in [6.07, 6.45) is -0.0379. The molecule has 0 fully saturated rings. The molecule has 29 heavy (non-hydrogen) atoms. The van der Waals surface area contributed by atoms with Crippen molar-refractivity contribution in [3.8, 4) is 0 Å². The fourth-order valence-electron chi connectivity index (χ4n) is 3.50. The number of benzene rings is 2. The third-order valence-electron chi connectivity index (χ3n) is 4.91. The van der Waals surface area contributed by atoms with Crippen LogP contribution in [0.15, 0.2) is 64.3 Å². The van der Waals surface area contributed by atoms with E-state index in [1.807, 2.05) is 57.2 Å². The van der Waals surface area contributed by atoms with E-state index in [1.165, 1.54) is 0 Å². The van der Waals surface area contributed by atoms with Crippen LogP contribution in [0.25, 0.3) is 0 Å². The van der Waals surface area contributed by atoms with Gasteiger partial charge in [0.1, 0.15) is 0 Å². The van der Waals surface area contributed by atoms with Gasteiger partial charge in [0.15, 0.2) is 0 Å². The number of carbonyl (C=O) groups excluding carboxylic acids is 2. The van der Waals surface area contributed by atoms with Crippen LogP contribution in [0, 0.1) is 0 Å². The van der Waals surface area contributed by atoms with Crippen LogP contribution in [0.2, 0.25) is 5.02 Å². The molecule has 6 heteroatoms. The number of hydrogen-bond acceptors (Lipinski definition) is 3. The Morgan fingerprint density at radius 1 is 1.17 bits per heavy atom. The predicted octanol–water partition coefficient (Wildman–Crippen LogP) is 5.84. The molecule has 0 bridgehead atoms. The van der Waals surface area contributed by atoms with Gasteiger partial charge in [-0.2, -0.15) is 0 Å². The number of hydrogen-bond donors (Lipinski definition) is 0. The highest BCUT2D eigenvalue weighted by Crippen LogP contribution is 2.38. The Kier molecular flexibility index (Phi) is 6.81. The molecule has 0 aromatic heterocycles. The highest BCUT2D eigenvalue weighted by molar-refractivity contribution is 9.10. The first-order valence-corrected chi connectivity index (χ1v) is 10.7. The number of esters is 1. The smallest absolute Gasteiger partial charge is 0.336 e. The first kappa shape index (κ1) is 21.6. The van der Waals surface area contributed by atoms with Gasteiger partial charge in [-0.3, -0.25) is 4.79 Å². The van der Waals surface area contributed by atoms with Crippen molar-refractivity contribution in [2.24, 2.45) is 0 Å². The van der Waals surface area contributed by atoms with Gasteiger partial charge in [-0.05, 0) is 56.2 Å². The zero-order chi connectivity index (χ0) is 21.1. The second kappa shape index (κ2) is 9.14. The molecule has 152 valence electrons. The van der Waals surface area contributed by atoms with Gasteiger partial charge in [0.05, 0.1) is 18.2 Å². The van der Waals surface area contributed by atoms with Gasteiger partial charge in [0, 0.05) is 27.5 Å². The number of nitrogens with zero attached hydrogens (tertiary/aromatic N) is 1. The average molecular weight is 477 g/mol. The Morgan fingerprint density at radius 3 is 2.38 bits per heavy atom. The normalized spacial score (nSPS) is 17.1. The molecule has 0 spiro atoms. The lowest BCUT2D eigenvalue weighted by Crippen LogP contribution is -2.38. The second-order valence-electron chi connectivity index (χ2n) is 7.37. The molecule has 0 aliphatic carbocycles. The highest BCUT2D eigenvalue weighted by atomic mass is 79.9. The molecular formula is C23H23BrClNO3. The molecule has 1 heterocycles. The Labute approximate surface area is 184 Å². The fraction of sp³-hybridized carbons (Fsp3) is 0.304. The average Bonchev–Trinajstić information content (AvgIpc) is 2.66. The van der Waals surface area contributed by atoms with E-state index in [-0.39, 0.29) is 30.3 Å². The van der Waals surface area contributed by atoms with Gasteiger partial charge in [0.25, 0.3) is 0 Å². The first-order chi connectivity index (χ1) is 13.8. The largest absolute Gasteiger partial charge is 0.460 e. The van der Waals surface area contributed by atoms with Crippen LogP contribution in [-0.2, 0) is 20.9 Å². The van der Waals surface area contributed by atoms with E-state index in [2.05, 4.69) is 15.9 Å². The molecule has 1 amide bonds. The summed E-state index contributed by atoms with van der Waals surface area (Å²) in [7, 11) is 0. The lowest BCUT2D eigenvalue weighted by Gasteiger charge is -2.35. The minimum Gasteiger partial charge on any atom is -0.460 e. The Balaban J connectivity index is 2.01. The maximum absolute atomic E-state index is 13.0. The van der Waals surface area contributed by atoms with Crippen molar-refractivity contribution in [1.29, 1.82) is 0 Å². The van der Waals surface area contributed by atoms with Crippen molar-refractivity contribution < 1.29 is 14.3 Å². The Morgan fingerprint density at radius 2 is 1.79 bits per heavy atom. The zero-order valence-electron chi connectivity index (χ0n) is 16.6. The number of halogens is 2. The lowest BCUT2D eigenvalue weighted by atomic mass is 9.83. The Bertz CT molecular complexity index is 936. The van der Waals surface area contributed by atoms with Crippen molar-refractivity contribution in [1.82, 2.24) is 4.90 Å². The number of ether oxygens (including phenoxy) is 1. The minimum atomic E-state index is -0.384. The topological polar surface area (TPSA) is 46.6 Å². The maximum Gasteiger partial charge on any atom is 0.336 e. The van der Waals surface area contributed by atoms with Crippen molar-refractivity contribution in [2.75, 3.05) is 0 Å². The van der Waals surface area contributed by atoms with Crippen molar-refractivity contribution in [2.45, 2.75) is 45.8 Å². The van der Waals surface area contributed by atoms with E-state index >= 15 is 0 Å². The molecule has 0 radical (unpaired) electrons. The van der Waals surface area contributed by atoms with Gasteiger partial charge < -0.3 is 9.64 Å². The summed E-state index contributed by atoms with van der Waals surface area (Å²) in [6, 6.07) is 15.1. The molecule has 0 saturated carbocycles. The molecule has 1 aliphatic heterocycles. The minimum absolute atomic E-state index is 0.0218. The maximum atomic E-state index is 13.0. The number of rotatable bonds is 5. The van der Waals surface area contributed by atoms with Crippen LogP contribution >= 0.6 is 27.5 Å². The van der Waals surface area contributed by atoms with Crippen LogP contribution in [0.1, 0.15) is 44.2 Å². The molecule has 1 aliphatic rings. The van der Waals surface area contributed by atoms with Gasteiger partial charge in [-0.1, -0.05) is 51.8 Å². The summed E-state index contributed by atoms with van der Waals surface area (Å²) < 4.78 is 6.49. The molecule has 3 rings (SSSR count). The van der Waals surface area contributed by atoms with Gasteiger partial charge in [0.2, 0.25) is 5.91 Å². The monoisotopic (exact) mass is 475 g/mol. The standard InChI is InChI=1S/C23H23BrClNO3/c1-14(2)29-23(28)22-15(3)26(13-16-4-8-18(24)9-5-16)21(27)12-20(22)17-6-10-19(25)11-7-17/h4-11,14,20H,12-13H2,1-3H3/t20-/m1/s1. The number of amides is 1. The van der Waals surface area contributed by atoms with Crippen molar-refractivity contribution in [3.63, 3.8) is 0 Å². The van der Waals surface area contributed by atoms with E-state index in [9.17, 15) is 9.59 Å². The molecule has 0 unspecified atom stereocenters. The summed E-state index contributed by atoms with van der Waals surface area (Å²) >= 11 is 9.44. The van der Waals surface area contributed by atoms with E-state index < -0.39 is 0 Å². The van der Waals surface area contributed by atoms with Crippen molar-refractivity contribution in [3.05, 3.63) is 80.4 Å². The molecule has 0 N–H and O–H groups in total. The summed E-state index contributed by atoms with van der Waals surface area (Å²) in [5, 5.41) is 0.611. The lowest BCUT2D eigenvalue weighted by molar-refractivity contribution is -0.143. The number of carbonyl (C=O) groups is 2. The van der Waals surface area contributed by atoms with Gasteiger partial charge >= 0.3 is 5.97 Å². The van der Waals surface area contributed by atoms with E-state index in [1.54, 1.807) is 17.0 Å². The van der Waals surface area contributed by atoms with Crippen LogP contribution in [0.5, 0.6) is 0 Å². The summed E-state index contributed by atoms with van der Waals surface area (Å²) in [5.74, 6) is -0.760. The van der Waals surface area contributed by atoms with Crippen LogP contribution in [0.4, 0.5) is 0 Å². The molecule has 2 aromatic carbocycles. The molecule has 1 atom stereocenters. The van der Waals surface area contributed by atoms with Crippen LogP contribution in [0.3, 0.4) is 0 Å². The SMILES string of the molecule is CC1=C(C(=O)OC(C)C)[C@@H](c2ccc(Cl)cc2)CC(=O)N1Cc1ccc(Br)cc1. The van der Waals surface area contributed by atoms with Gasteiger partial charge in [-0.15, -0.1) is 0 Å². The van der Waals surface area contributed by atoms with Crippen LogP contribution < -0.4 is 0 Å². The van der Waals surface area contributed by atoms with Gasteiger partial charge in [-0.25, -0.2) is 4.79 Å². The summed E-state index contributed by atoms with van der Waals surface area (Å²) in [6.45, 7) is 5.86. The van der Waals surface area contributed by atoms with E-state index in [0.29, 0.717) is 22.8 Å². The van der Waals surface area contributed by atoms with Crippen molar-refractivity contribution >= 4 is 39.4 Å². The number of allylic oxidation sites excluding steroid dienone is 1. The summed E-state index contributed by atoms with van der Waals surface area (Å²) in [4.78, 5) is 27.7. The van der Waals surface area contributed by atoms with E-state index in [4.69, 9.17) is 16.3 Å². The summed E-state index contributed by atoms with van der Waals surface area (Å²) in [5.41, 5.74) is 3.02. The zero-order valence-corrected chi connectivity index (χ0v) is 19.0. The molecule has 0 saturated heterocycles. The third-order valence-corrected chi connectivity index (χ3v) is 5.69. The predicted molar refractivity (Wildman–Crippen MR) is 117 cm³/mol. The fourth-order valence-corrected chi connectivity index (χ4v) is 3.89. The van der Waals surface area contributed by atoms with E-state index in [0.717, 1.165) is 15.6 Å². The molecule has 2 aromatic rings. The quantitative estimate of drug-likeness (QED) is 0.509. The second-order valence-corrected chi connectivity index (χ2v) is 8.72. The third kappa shape index (κ3) is 5.09. The first-order valence-electron chi connectivity index (χ1n) is 9.48. The van der Waals surface area contributed by atoms with Crippen LogP contribution in [-0.4, -0.2) is 22.9 Å². The molecule has 4 nitrogen and oxygen atoms in total.